The van der Waals surface area contributed by atoms with Crippen LogP contribution >= 0.6 is 11.9 Å². The van der Waals surface area contributed by atoms with Gasteiger partial charge in [0, 0.05) is 24.5 Å². The molecule has 3 nitrogen and oxygen atoms in total. The van der Waals surface area contributed by atoms with Crippen molar-refractivity contribution in [3.05, 3.63) is 54.1 Å². The lowest BCUT2D eigenvalue weighted by Gasteiger charge is -2.20. The molecule has 1 heterocycles. The molecule has 0 aromatic heterocycles. The summed E-state index contributed by atoms with van der Waals surface area (Å²) in [5.41, 5.74) is 3.01. The summed E-state index contributed by atoms with van der Waals surface area (Å²) in [6.07, 6.45) is 0. The summed E-state index contributed by atoms with van der Waals surface area (Å²) in [5.74, 6) is 0. The molecular formula is C15H13N3S. The quantitative estimate of drug-likeness (QED) is 0.803. The topological polar surface area (TPSA) is 39.1 Å². The zero-order chi connectivity index (χ0) is 13.1. The number of nitrogens with one attached hydrogen (secondary N) is 1. The monoisotopic (exact) mass is 267 g/mol. The first-order chi connectivity index (χ1) is 9.36. The number of fused-ring (bicyclic) bond motifs is 1. The molecule has 0 bridgehead atoms. The van der Waals surface area contributed by atoms with E-state index in [4.69, 9.17) is 5.26 Å². The van der Waals surface area contributed by atoms with Crippen LogP contribution < -0.4 is 9.62 Å². The fraction of sp³-hybridized carbons (Fsp3) is 0.133. The minimum atomic E-state index is 0.696. The summed E-state index contributed by atoms with van der Waals surface area (Å²) < 4.78 is 2.25. The van der Waals surface area contributed by atoms with Crippen LogP contribution in [0.2, 0.25) is 0 Å². The SMILES string of the molecule is N#Cc1ccc(N2CCNc3ccccc3S2)cc1. The van der Waals surface area contributed by atoms with Crippen molar-refractivity contribution in [2.24, 2.45) is 0 Å². The number of anilines is 2. The van der Waals surface area contributed by atoms with Crippen molar-refractivity contribution < 1.29 is 0 Å². The zero-order valence-corrected chi connectivity index (χ0v) is 11.2. The molecule has 0 spiro atoms. The normalized spacial score (nSPS) is 13.9. The van der Waals surface area contributed by atoms with Gasteiger partial charge in [-0.3, -0.25) is 0 Å². The van der Waals surface area contributed by atoms with E-state index < -0.39 is 0 Å². The Labute approximate surface area is 117 Å². The average Bonchev–Trinajstić information content (AvgIpc) is 2.69. The van der Waals surface area contributed by atoms with Crippen molar-refractivity contribution in [3.63, 3.8) is 0 Å². The predicted molar refractivity (Wildman–Crippen MR) is 79.3 cm³/mol. The molecule has 1 aliphatic rings. The number of nitrogens with zero attached hydrogens (tertiary/aromatic N) is 2. The van der Waals surface area contributed by atoms with Crippen LogP contribution in [0.25, 0.3) is 0 Å². The van der Waals surface area contributed by atoms with Crippen LogP contribution in [0.1, 0.15) is 5.56 Å². The van der Waals surface area contributed by atoms with Crippen LogP contribution in [0.3, 0.4) is 0 Å². The van der Waals surface area contributed by atoms with Crippen molar-refractivity contribution in [1.29, 1.82) is 5.26 Å². The van der Waals surface area contributed by atoms with E-state index >= 15 is 0 Å². The van der Waals surface area contributed by atoms with E-state index in [1.807, 2.05) is 30.3 Å². The van der Waals surface area contributed by atoms with E-state index in [1.165, 1.54) is 10.6 Å². The second kappa shape index (κ2) is 5.25. The van der Waals surface area contributed by atoms with Gasteiger partial charge in [-0.2, -0.15) is 5.26 Å². The Morgan fingerprint density at radius 2 is 1.89 bits per heavy atom. The molecule has 0 amide bonds. The Morgan fingerprint density at radius 3 is 2.68 bits per heavy atom. The summed E-state index contributed by atoms with van der Waals surface area (Å²) in [4.78, 5) is 1.23. The van der Waals surface area contributed by atoms with Gasteiger partial charge >= 0.3 is 0 Å². The Morgan fingerprint density at radius 1 is 1.11 bits per heavy atom. The van der Waals surface area contributed by atoms with Crippen molar-refractivity contribution in [2.45, 2.75) is 4.90 Å². The van der Waals surface area contributed by atoms with Gasteiger partial charge in [0.1, 0.15) is 0 Å². The van der Waals surface area contributed by atoms with Gasteiger partial charge in [0.05, 0.1) is 16.5 Å². The lowest BCUT2D eigenvalue weighted by Crippen LogP contribution is -2.19. The van der Waals surface area contributed by atoms with Gasteiger partial charge in [-0.15, -0.1) is 0 Å². The van der Waals surface area contributed by atoms with E-state index in [0.717, 1.165) is 18.8 Å². The third-order valence-corrected chi connectivity index (χ3v) is 4.18. The first-order valence-corrected chi connectivity index (χ1v) is 6.93. The summed E-state index contributed by atoms with van der Waals surface area (Å²) in [7, 11) is 0. The fourth-order valence-corrected chi connectivity index (χ4v) is 3.06. The predicted octanol–water partition coefficient (Wildman–Crippen LogP) is 3.50. The largest absolute Gasteiger partial charge is 0.382 e. The summed E-state index contributed by atoms with van der Waals surface area (Å²) in [5, 5.41) is 12.3. The Bertz CT molecular complexity index is 616. The van der Waals surface area contributed by atoms with E-state index in [9.17, 15) is 0 Å². The van der Waals surface area contributed by atoms with Crippen molar-refractivity contribution >= 4 is 23.3 Å². The third kappa shape index (κ3) is 2.51. The summed E-state index contributed by atoms with van der Waals surface area (Å²) in [6, 6.07) is 18.2. The number of nitriles is 1. The number of rotatable bonds is 1. The molecule has 19 heavy (non-hydrogen) atoms. The number of para-hydroxylation sites is 1. The van der Waals surface area contributed by atoms with Gasteiger partial charge in [0.2, 0.25) is 0 Å². The molecule has 94 valence electrons. The first kappa shape index (κ1) is 11.9. The maximum Gasteiger partial charge on any atom is 0.0991 e. The molecule has 2 aromatic rings. The minimum Gasteiger partial charge on any atom is -0.382 e. The van der Waals surface area contributed by atoms with Crippen LogP contribution in [0.15, 0.2) is 53.4 Å². The molecule has 0 unspecified atom stereocenters. The minimum absolute atomic E-state index is 0.696. The van der Waals surface area contributed by atoms with Crippen molar-refractivity contribution in [2.75, 3.05) is 22.7 Å². The molecule has 2 aromatic carbocycles. The maximum atomic E-state index is 8.84. The zero-order valence-electron chi connectivity index (χ0n) is 10.3. The van der Waals surface area contributed by atoms with Gasteiger partial charge in [0.25, 0.3) is 0 Å². The van der Waals surface area contributed by atoms with E-state index in [2.05, 4.69) is 33.9 Å². The first-order valence-electron chi connectivity index (χ1n) is 6.15. The van der Waals surface area contributed by atoms with Crippen LogP contribution in [0.4, 0.5) is 11.4 Å². The number of benzene rings is 2. The highest BCUT2D eigenvalue weighted by Crippen LogP contribution is 2.35. The van der Waals surface area contributed by atoms with Crippen molar-refractivity contribution in [1.82, 2.24) is 0 Å². The van der Waals surface area contributed by atoms with Gasteiger partial charge in [-0.25, -0.2) is 0 Å². The van der Waals surface area contributed by atoms with Crippen molar-refractivity contribution in [3.8, 4) is 6.07 Å². The van der Waals surface area contributed by atoms with Gasteiger partial charge in [-0.05, 0) is 48.3 Å². The molecule has 0 atom stereocenters. The van der Waals surface area contributed by atoms with Crippen LogP contribution in [0.5, 0.6) is 0 Å². The Hall–Kier alpha value is -2.12. The standard InChI is InChI=1S/C15H13N3S/c16-11-12-5-7-13(8-6-12)18-10-9-17-14-3-1-2-4-15(14)19-18/h1-8,17H,9-10H2. The van der Waals surface area contributed by atoms with E-state index in [1.54, 1.807) is 11.9 Å². The Kier molecular flexibility index (Phi) is 3.30. The molecule has 3 rings (SSSR count). The second-order valence-electron chi connectivity index (χ2n) is 4.28. The third-order valence-electron chi connectivity index (χ3n) is 3.01. The molecule has 1 N–H and O–H groups in total. The van der Waals surface area contributed by atoms with Crippen LogP contribution in [-0.2, 0) is 0 Å². The van der Waals surface area contributed by atoms with Crippen LogP contribution in [0, 0.1) is 11.3 Å². The fourth-order valence-electron chi connectivity index (χ4n) is 2.03. The highest BCUT2D eigenvalue weighted by molar-refractivity contribution is 8.00. The van der Waals surface area contributed by atoms with Gasteiger partial charge in [0.15, 0.2) is 0 Å². The molecule has 0 fully saturated rings. The molecule has 0 aliphatic carbocycles. The van der Waals surface area contributed by atoms with Gasteiger partial charge < -0.3 is 9.62 Å². The number of hydrogen-bond donors (Lipinski definition) is 1. The molecule has 1 aliphatic heterocycles. The Balaban J connectivity index is 1.88. The second-order valence-corrected chi connectivity index (χ2v) is 5.34. The summed E-state index contributed by atoms with van der Waals surface area (Å²) in [6.45, 7) is 1.83. The average molecular weight is 267 g/mol. The molecule has 0 radical (unpaired) electrons. The lowest BCUT2D eigenvalue weighted by molar-refractivity contribution is 1.03. The van der Waals surface area contributed by atoms with Gasteiger partial charge in [-0.1, -0.05) is 12.1 Å². The summed E-state index contributed by atoms with van der Waals surface area (Å²) >= 11 is 1.73. The highest BCUT2D eigenvalue weighted by Gasteiger charge is 2.14. The molecular weight excluding hydrogens is 254 g/mol. The molecule has 0 saturated heterocycles. The highest BCUT2D eigenvalue weighted by atomic mass is 32.2. The smallest absolute Gasteiger partial charge is 0.0991 e. The lowest BCUT2D eigenvalue weighted by atomic mass is 10.2. The van der Waals surface area contributed by atoms with Crippen LogP contribution in [-0.4, -0.2) is 13.1 Å². The maximum absolute atomic E-state index is 8.84. The van der Waals surface area contributed by atoms with E-state index in [-0.39, 0.29) is 0 Å². The number of hydrogen-bond acceptors (Lipinski definition) is 4. The van der Waals surface area contributed by atoms with E-state index in [0.29, 0.717) is 5.56 Å². The molecule has 0 saturated carbocycles. The molecule has 4 heteroatoms.